The Kier molecular flexibility index (Phi) is 5.55. The van der Waals surface area contributed by atoms with Crippen LogP contribution in [0.4, 0.5) is 0 Å². The lowest BCUT2D eigenvalue weighted by atomic mass is 10.0. The number of carboxylic acid groups (broad SMARTS) is 1. The fraction of sp³-hybridized carbons (Fsp3) is 0.833. The second-order valence-corrected chi connectivity index (χ2v) is 5.09. The monoisotopic (exact) mass is 258 g/mol. The maximum absolute atomic E-state index is 12.2. The average molecular weight is 258 g/mol. The number of aliphatic carboxylic acids is 1. The molecule has 18 heavy (non-hydrogen) atoms. The van der Waals surface area contributed by atoms with Gasteiger partial charge in [-0.15, -0.1) is 0 Å². The largest absolute Gasteiger partial charge is 0.481 e. The third kappa shape index (κ3) is 4.27. The van der Waals surface area contributed by atoms with Crippen LogP contribution in [0.15, 0.2) is 0 Å². The van der Waals surface area contributed by atoms with Crippen LogP contribution in [0.5, 0.6) is 0 Å². The smallest absolute Gasteiger partial charge is 0.305 e. The van der Waals surface area contributed by atoms with Crippen molar-refractivity contribution in [1.82, 2.24) is 4.90 Å². The Morgan fingerprint density at radius 1 is 1.50 bits per heavy atom. The van der Waals surface area contributed by atoms with E-state index in [9.17, 15) is 9.59 Å². The van der Waals surface area contributed by atoms with E-state index in [1.807, 2.05) is 13.8 Å². The molecule has 0 bridgehead atoms. The number of carbonyl (C=O) groups excluding carboxylic acids is 1. The van der Waals surface area contributed by atoms with Gasteiger partial charge in [-0.3, -0.25) is 9.59 Å². The van der Waals surface area contributed by atoms with Crippen molar-refractivity contribution >= 4 is 11.9 Å². The molecule has 0 spiro atoms. The summed E-state index contributed by atoms with van der Waals surface area (Å²) in [7, 11) is 0. The first-order valence-electron chi connectivity index (χ1n) is 6.27. The van der Waals surface area contributed by atoms with E-state index < -0.39 is 18.1 Å². The van der Waals surface area contributed by atoms with Gasteiger partial charge >= 0.3 is 5.97 Å². The summed E-state index contributed by atoms with van der Waals surface area (Å²) in [6, 6.07) is -0.957. The zero-order chi connectivity index (χ0) is 13.7. The molecular formula is C12H22N2O4. The van der Waals surface area contributed by atoms with E-state index >= 15 is 0 Å². The van der Waals surface area contributed by atoms with E-state index in [4.69, 9.17) is 15.6 Å². The summed E-state index contributed by atoms with van der Waals surface area (Å²) < 4.78 is 5.23. The molecule has 6 nitrogen and oxygen atoms in total. The molecule has 0 saturated carbocycles. The van der Waals surface area contributed by atoms with Crippen molar-refractivity contribution in [2.75, 3.05) is 19.8 Å². The fourth-order valence-electron chi connectivity index (χ4n) is 2.14. The molecule has 0 radical (unpaired) electrons. The third-order valence-corrected chi connectivity index (χ3v) is 2.96. The van der Waals surface area contributed by atoms with Crippen LogP contribution in [0.25, 0.3) is 0 Å². The average Bonchev–Trinajstić information content (AvgIpc) is 2.27. The number of carbonyl (C=O) groups is 2. The first-order chi connectivity index (χ1) is 8.41. The quantitative estimate of drug-likeness (QED) is 0.727. The lowest BCUT2D eigenvalue weighted by Gasteiger charge is -2.36. The highest BCUT2D eigenvalue weighted by molar-refractivity contribution is 5.82. The summed E-state index contributed by atoms with van der Waals surface area (Å²) in [6.07, 6.45) is 0.510. The number of nitrogens with zero attached hydrogens (tertiary/aromatic N) is 1. The number of carboxylic acids is 1. The van der Waals surface area contributed by atoms with E-state index in [2.05, 4.69) is 0 Å². The minimum absolute atomic E-state index is 0.0971. The Morgan fingerprint density at radius 2 is 2.17 bits per heavy atom. The molecule has 0 aromatic heterocycles. The zero-order valence-electron chi connectivity index (χ0n) is 11.0. The lowest BCUT2D eigenvalue weighted by Crippen LogP contribution is -2.54. The molecule has 1 amide bonds. The molecular weight excluding hydrogens is 236 g/mol. The molecule has 6 heteroatoms. The molecule has 1 heterocycles. The highest BCUT2D eigenvalue weighted by atomic mass is 16.5. The van der Waals surface area contributed by atoms with Crippen LogP contribution in [-0.2, 0) is 14.3 Å². The predicted octanol–water partition coefficient (Wildman–Crippen LogP) is 0.0619. The minimum atomic E-state index is -0.930. The SMILES string of the molecule is CC(C)C[C@H](N)C(=O)N1CCOCC1CC(=O)O. The van der Waals surface area contributed by atoms with Crippen molar-refractivity contribution < 1.29 is 19.4 Å². The number of amides is 1. The van der Waals surface area contributed by atoms with Gasteiger partial charge in [-0.2, -0.15) is 0 Å². The molecule has 0 aliphatic carbocycles. The van der Waals surface area contributed by atoms with Gasteiger partial charge in [0.1, 0.15) is 0 Å². The van der Waals surface area contributed by atoms with Gasteiger partial charge in [0.05, 0.1) is 31.7 Å². The van der Waals surface area contributed by atoms with Gasteiger partial charge < -0.3 is 20.5 Å². The van der Waals surface area contributed by atoms with Crippen molar-refractivity contribution in [3.05, 3.63) is 0 Å². The third-order valence-electron chi connectivity index (χ3n) is 2.96. The Bertz CT molecular complexity index is 306. The van der Waals surface area contributed by atoms with Crippen LogP contribution in [0, 0.1) is 5.92 Å². The molecule has 3 N–H and O–H groups in total. The van der Waals surface area contributed by atoms with Gasteiger partial charge in [0, 0.05) is 6.54 Å². The summed E-state index contributed by atoms with van der Waals surface area (Å²) >= 11 is 0. The summed E-state index contributed by atoms with van der Waals surface area (Å²) in [5, 5.41) is 8.82. The molecule has 1 fully saturated rings. The molecule has 1 unspecified atom stereocenters. The maximum Gasteiger partial charge on any atom is 0.305 e. The zero-order valence-corrected chi connectivity index (χ0v) is 11.0. The number of morpholine rings is 1. The lowest BCUT2D eigenvalue weighted by molar-refractivity contribution is -0.147. The van der Waals surface area contributed by atoms with Gasteiger partial charge in [-0.25, -0.2) is 0 Å². The summed E-state index contributed by atoms with van der Waals surface area (Å²) in [5.41, 5.74) is 5.86. The van der Waals surface area contributed by atoms with Crippen molar-refractivity contribution in [2.24, 2.45) is 11.7 Å². The Labute approximate surface area is 107 Å². The second-order valence-electron chi connectivity index (χ2n) is 5.09. The second kappa shape index (κ2) is 6.70. The van der Waals surface area contributed by atoms with E-state index in [1.54, 1.807) is 4.90 Å². The minimum Gasteiger partial charge on any atom is -0.481 e. The summed E-state index contributed by atoms with van der Waals surface area (Å²) in [5.74, 6) is -0.762. The van der Waals surface area contributed by atoms with E-state index in [1.165, 1.54) is 0 Å². The molecule has 2 atom stereocenters. The van der Waals surface area contributed by atoms with Gasteiger partial charge in [0.25, 0.3) is 0 Å². The number of rotatable bonds is 5. The van der Waals surface area contributed by atoms with Crippen LogP contribution in [0.3, 0.4) is 0 Å². The summed E-state index contributed by atoms with van der Waals surface area (Å²) in [4.78, 5) is 24.5. The Morgan fingerprint density at radius 3 is 2.72 bits per heavy atom. The van der Waals surface area contributed by atoms with Crippen LogP contribution >= 0.6 is 0 Å². The highest BCUT2D eigenvalue weighted by Gasteiger charge is 2.31. The van der Waals surface area contributed by atoms with Crippen molar-refractivity contribution in [2.45, 2.75) is 38.8 Å². The van der Waals surface area contributed by atoms with E-state index in [0.29, 0.717) is 25.5 Å². The Hall–Kier alpha value is -1.14. The molecule has 0 aromatic rings. The predicted molar refractivity (Wildman–Crippen MR) is 66.0 cm³/mol. The molecule has 1 rings (SSSR count). The maximum atomic E-state index is 12.2. The van der Waals surface area contributed by atoms with Crippen molar-refractivity contribution in [3.8, 4) is 0 Å². The van der Waals surface area contributed by atoms with Crippen molar-refractivity contribution in [1.29, 1.82) is 0 Å². The topological polar surface area (TPSA) is 92.9 Å². The number of hydrogen-bond donors (Lipinski definition) is 2. The van der Waals surface area contributed by atoms with Crippen LogP contribution in [-0.4, -0.2) is 53.7 Å². The number of ether oxygens (including phenoxy) is 1. The summed E-state index contributed by atoms with van der Waals surface area (Å²) in [6.45, 7) is 5.13. The number of hydrogen-bond acceptors (Lipinski definition) is 4. The van der Waals surface area contributed by atoms with E-state index in [0.717, 1.165) is 0 Å². The van der Waals surface area contributed by atoms with Crippen LogP contribution in [0.1, 0.15) is 26.7 Å². The van der Waals surface area contributed by atoms with E-state index in [-0.39, 0.29) is 18.9 Å². The number of nitrogens with two attached hydrogens (primary N) is 1. The standard InChI is InChI=1S/C12H22N2O4/c1-8(2)5-10(13)12(17)14-3-4-18-7-9(14)6-11(15)16/h8-10H,3-7,13H2,1-2H3,(H,15,16)/t9?,10-/m0/s1. The molecule has 1 aliphatic rings. The van der Waals surface area contributed by atoms with Crippen molar-refractivity contribution in [3.63, 3.8) is 0 Å². The first kappa shape index (κ1) is 14.9. The van der Waals surface area contributed by atoms with Gasteiger partial charge in [0.2, 0.25) is 5.91 Å². The Balaban J connectivity index is 2.64. The van der Waals surface area contributed by atoms with Gasteiger partial charge in [-0.1, -0.05) is 13.8 Å². The van der Waals surface area contributed by atoms with Gasteiger partial charge in [-0.05, 0) is 12.3 Å². The first-order valence-corrected chi connectivity index (χ1v) is 6.27. The molecule has 1 aliphatic heterocycles. The highest BCUT2D eigenvalue weighted by Crippen LogP contribution is 2.14. The van der Waals surface area contributed by atoms with Gasteiger partial charge in [0.15, 0.2) is 0 Å². The normalized spacial score (nSPS) is 22.0. The fourth-order valence-corrected chi connectivity index (χ4v) is 2.14. The molecule has 1 saturated heterocycles. The molecule has 0 aromatic carbocycles. The van der Waals surface area contributed by atoms with Crippen LogP contribution in [0.2, 0.25) is 0 Å². The van der Waals surface area contributed by atoms with Crippen LogP contribution < -0.4 is 5.73 Å². The molecule has 104 valence electrons.